The fourth-order valence-electron chi connectivity index (χ4n) is 1.30. The molecule has 0 aliphatic rings. The number of aryl methyl sites for hydroxylation is 1. The van der Waals surface area contributed by atoms with Gasteiger partial charge in [-0.15, -0.1) is 0 Å². The number of nitrogens with two attached hydrogens (primary N) is 1. The smallest absolute Gasteiger partial charge is 0.298 e. The van der Waals surface area contributed by atoms with Crippen LogP contribution in [0.3, 0.4) is 0 Å². The number of hydrogen-bond acceptors (Lipinski definition) is 5. The molecule has 4 nitrogen and oxygen atoms in total. The van der Waals surface area contributed by atoms with Crippen molar-refractivity contribution in [3.05, 3.63) is 29.8 Å². The average Bonchev–Trinajstić information content (AvgIpc) is 2.72. The lowest BCUT2D eigenvalue weighted by Crippen LogP contribution is -1.93. The third kappa shape index (κ3) is 2.91. The Morgan fingerprint density at radius 3 is 3.06 bits per heavy atom. The van der Waals surface area contributed by atoms with E-state index in [2.05, 4.69) is 9.36 Å². The summed E-state index contributed by atoms with van der Waals surface area (Å²) in [5.74, 6) is 0.610. The van der Waals surface area contributed by atoms with Gasteiger partial charge < -0.3 is 10.5 Å². The van der Waals surface area contributed by atoms with Crippen LogP contribution >= 0.6 is 11.5 Å². The number of nitrogen functional groups attached to an aromatic ring is 1. The Morgan fingerprint density at radius 2 is 2.29 bits per heavy atom. The summed E-state index contributed by atoms with van der Waals surface area (Å²) in [4.78, 5) is 4.17. The molecule has 6 heteroatoms. The Morgan fingerprint density at radius 1 is 1.47 bits per heavy atom. The molecule has 1 aromatic carbocycles. The van der Waals surface area contributed by atoms with Crippen LogP contribution in [0.2, 0.25) is 0 Å². The van der Waals surface area contributed by atoms with Crippen molar-refractivity contribution in [3.63, 3.8) is 0 Å². The first-order chi connectivity index (χ1) is 8.19. The van der Waals surface area contributed by atoms with E-state index in [1.165, 1.54) is 18.2 Å². The van der Waals surface area contributed by atoms with Gasteiger partial charge in [0.05, 0.1) is 5.69 Å². The predicted octanol–water partition coefficient (Wildman–Crippen LogP) is 3.00. The average molecular weight is 253 g/mol. The minimum absolute atomic E-state index is 0.268. The van der Waals surface area contributed by atoms with Gasteiger partial charge in [-0.3, -0.25) is 0 Å². The molecular formula is C11H12FN3OS. The van der Waals surface area contributed by atoms with E-state index < -0.39 is 5.82 Å². The van der Waals surface area contributed by atoms with Crippen molar-refractivity contribution < 1.29 is 9.13 Å². The van der Waals surface area contributed by atoms with Crippen LogP contribution in [0.5, 0.6) is 10.9 Å². The molecular weight excluding hydrogens is 241 g/mol. The second-order valence-electron chi connectivity index (χ2n) is 3.51. The molecule has 2 aromatic rings. The van der Waals surface area contributed by atoms with Gasteiger partial charge in [-0.2, -0.15) is 9.36 Å². The molecule has 0 radical (unpaired) electrons. The summed E-state index contributed by atoms with van der Waals surface area (Å²) in [5.41, 5.74) is 6.04. The zero-order valence-electron chi connectivity index (χ0n) is 9.31. The summed E-state index contributed by atoms with van der Waals surface area (Å²) in [6, 6.07) is 3.97. The van der Waals surface area contributed by atoms with Crippen LogP contribution in [0.15, 0.2) is 18.2 Å². The van der Waals surface area contributed by atoms with Crippen LogP contribution in [-0.4, -0.2) is 9.36 Å². The van der Waals surface area contributed by atoms with Crippen molar-refractivity contribution in [3.8, 4) is 10.9 Å². The lowest BCUT2D eigenvalue weighted by Gasteiger charge is -2.04. The van der Waals surface area contributed by atoms with E-state index in [0.29, 0.717) is 10.9 Å². The number of anilines is 1. The van der Waals surface area contributed by atoms with E-state index in [0.717, 1.165) is 30.2 Å². The number of ether oxygens (including phenoxy) is 1. The fourth-order valence-corrected chi connectivity index (χ4v) is 1.88. The van der Waals surface area contributed by atoms with Crippen LogP contribution in [-0.2, 0) is 6.42 Å². The molecule has 1 aromatic heterocycles. The molecule has 2 N–H and O–H groups in total. The normalized spacial score (nSPS) is 10.5. The highest BCUT2D eigenvalue weighted by Crippen LogP contribution is 2.29. The third-order valence-corrected chi connectivity index (χ3v) is 2.73. The zero-order chi connectivity index (χ0) is 12.3. The van der Waals surface area contributed by atoms with Gasteiger partial charge in [-0.25, -0.2) is 4.39 Å². The molecule has 1 heterocycles. The van der Waals surface area contributed by atoms with E-state index in [1.807, 2.05) is 6.92 Å². The maximum Gasteiger partial charge on any atom is 0.298 e. The molecule has 90 valence electrons. The first-order valence-corrected chi connectivity index (χ1v) is 6.02. The first kappa shape index (κ1) is 11.8. The SMILES string of the molecule is CCCc1nsc(Oc2cc(F)ccc2N)n1. The number of aromatic nitrogens is 2. The molecule has 0 fully saturated rings. The fraction of sp³-hybridized carbons (Fsp3) is 0.273. The van der Waals surface area contributed by atoms with E-state index >= 15 is 0 Å². The minimum Gasteiger partial charge on any atom is -0.428 e. The third-order valence-electron chi connectivity index (χ3n) is 2.10. The van der Waals surface area contributed by atoms with Gasteiger partial charge in [0.25, 0.3) is 5.19 Å². The van der Waals surface area contributed by atoms with Crippen LogP contribution in [0.4, 0.5) is 10.1 Å². The van der Waals surface area contributed by atoms with Gasteiger partial charge in [0, 0.05) is 24.0 Å². The summed E-state index contributed by atoms with van der Waals surface area (Å²) >= 11 is 1.14. The Bertz CT molecular complexity index is 515. The van der Waals surface area contributed by atoms with E-state index in [9.17, 15) is 4.39 Å². The van der Waals surface area contributed by atoms with Gasteiger partial charge in [0.15, 0.2) is 5.75 Å². The van der Waals surface area contributed by atoms with Crippen molar-refractivity contribution in [2.45, 2.75) is 19.8 Å². The van der Waals surface area contributed by atoms with Gasteiger partial charge in [-0.1, -0.05) is 6.92 Å². The highest BCUT2D eigenvalue weighted by atomic mass is 32.1. The molecule has 0 spiro atoms. The second-order valence-corrected chi connectivity index (χ2v) is 4.23. The van der Waals surface area contributed by atoms with Gasteiger partial charge in [0.1, 0.15) is 11.6 Å². The Kier molecular flexibility index (Phi) is 3.53. The largest absolute Gasteiger partial charge is 0.428 e. The quantitative estimate of drug-likeness (QED) is 0.851. The number of hydrogen-bond donors (Lipinski definition) is 1. The summed E-state index contributed by atoms with van der Waals surface area (Å²) < 4.78 is 22.5. The van der Waals surface area contributed by atoms with Crippen molar-refractivity contribution in [1.29, 1.82) is 0 Å². The van der Waals surface area contributed by atoms with Crippen molar-refractivity contribution in [2.24, 2.45) is 0 Å². The Labute approximate surface area is 102 Å². The first-order valence-electron chi connectivity index (χ1n) is 5.24. The second kappa shape index (κ2) is 5.09. The minimum atomic E-state index is -0.396. The lowest BCUT2D eigenvalue weighted by molar-refractivity contribution is 0.474. The zero-order valence-corrected chi connectivity index (χ0v) is 10.1. The molecule has 0 atom stereocenters. The van der Waals surface area contributed by atoms with Crippen LogP contribution < -0.4 is 10.5 Å². The van der Waals surface area contributed by atoms with E-state index in [1.54, 1.807) is 0 Å². The molecule has 0 aliphatic heterocycles. The standard InChI is InChI=1S/C11H12FN3OS/c1-2-3-10-14-11(17-15-10)16-9-6-7(12)4-5-8(9)13/h4-6H,2-3,13H2,1H3. The van der Waals surface area contributed by atoms with Crippen LogP contribution in [0, 0.1) is 5.82 Å². The maximum absolute atomic E-state index is 13.0. The topological polar surface area (TPSA) is 61.0 Å². The molecule has 0 bridgehead atoms. The van der Waals surface area contributed by atoms with E-state index in [-0.39, 0.29) is 5.75 Å². The molecule has 17 heavy (non-hydrogen) atoms. The lowest BCUT2D eigenvalue weighted by atomic mass is 10.3. The summed E-state index contributed by atoms with van der Waals surface area (Å²) in [6.45, 7) is 2.05. The van der Waals surface area contributed by atoms with Gasteiger partial charge in [-0.05, 0) is 18.6 Å². The molecule has 0 amide bonds. The van der Waals surface area contributed by atoms with Crippen LogP contribution in [0.25, 0.3) is 0 Å². The maximum atomic E-state index is 13.0. The molecule has 0 saturated heterocycles. The summed E-state index contributed by atoms with van der Waals surface area (Å²) in [7, 11) is 0. The Balaban J connectivity index is 2.16. The van der Waals surface area contributed by atoms with Gasteiger partial charge >= 0.3 is 0 Å². The van der Waals surface area contributed by atoms with E-state index in [4.69, 9.17) is 10.5 Å². The highest BCUT2D eigenvalue weighted by Gasteiger charge is 2.08. The summed E-state index contributed by atoms with van der Waals surface area (Å²) in [5, 5.41) is 0.380. The van der Waals surface area contributed by atoms with Gasteiger partial charge in [0.2, 0.25) is 0 Å². The van der Waals surface area contributed by atoms with Crippen molar-refractivity contribution in [2.75, 3.05) is 5.73 Å². The monoisotopic (exact) mass is 253 g/mol. The summed E-state index contributed by atoms with van der Waals surface area (Å²) in [6.07, 6.45) is 1.77. The Hall–Kier alpha value is -1.69. The number of nitrogens with zero attached hydrogens (tertiary/aromatic N) is 2. The molecule has 0 unspecified atom stereocenters. The van der Waals surface area contributed by atoms with Crippen LogP contribution in [0.1, 0.15) is 19.2 Å². The number of rotatable bonds is 4. The van der Waals surface area contributed by atoms with Crippen molar-refractivity contribution >= 4 is 17.2 Å². The molecule has 0 aliphatic carbocycles. The highest BCUT2D eigenvalue weighted by molar-refractivity contribution is 7.07. The van der Waals surface area contributed by atoms with Crippen molar-refractivity contribution in [1.82, 2.24) is 9.36 Å². The number of benzene rings is 1. The predicted molar refractivity (Wildman–Crippen MR) is 64.8 cm³/mol. The molecule has 0 saturated carbocycles. The molecule has 2 rings (SSSR count). The number of halogens is 1.